The van der Waals surface area contributed by atoms with Crippen LogP contribution in [0.15, 0.2) is 42.6 Å². The van der Waals surface area contributed by atoms with Crippen molar-refractivity contribution in [1.29, 1.82) is 0 Å². The van der Waals surface area contributed by atoms with Crippen LogP contribution in [-0.4, -0.2) is 28.0 Å². The van der Waals surface area contributed by atoms with Gasteiger partial charge >= 0.3 is 0 Å². The van der Waals surface area contributed by atoms with Crippen LogP contribution in [0.25, 0.3) is 17.0 Å². The number of carbonyl (C=O) groups is 1. The van der Waals surface area contributed by atoms with E-state index in [1.807, 2.05) is 28.7 Å². The van der Waals surface area contributed by atoms with Gasteiger partial charge in [0.1, 0.15) is 12.0 Å². The second-order valence-electron chi connectivity index (χ2n) is 4.03. The van der Waals surface area contributed by atoms with Gasteiger partial charge in [-0.2, -0.15) is 0 Å². The molecule has 1 aromatic carbocycles. The van der Waals surface area contributed by atoms with Crippen molar-refractivity contribution in [3.63, 3.8) is 0 Å². The Hall–Kier alpha value is -2.69. The summed E-state index contributed by atoms with van der Waals surface area (Å²) in [5.74, 6) is 1.42. The van der Waals surface area contributed by atoms with E-state index in [1.54, 1.807) is 25.4 Å². The summed E-state index contributed by atoms with van der Waals surface area (Å²) < 4.78 is 7.15. The maximum absolute atomic E-state index is 10.7. The van der Waals surface area contributed by atoms with E-state index in [9.17, 15) is 4.79 Å². The lowest BCUT2D eigenvalue weighted by Gasteiger charge is -2.06. The lowest BCUT2D eigenvalue weighted by Crippen LogP contribution is -1.93. The molecule has 0 aliphatic carbocycles. The van der Waals surface area contributed by atoms with Crippen LogP contribution in [0.2, 0.25) is 0 Å². The van der Waals surface area contributed by atoms with Crippen LogP contribution >= 0.6 is 0 Å². The molecule has 0 fully saturated rings. The molecule has 3 rings (SSSR count). The molecule has 0 aliphatic heterocycles. The van der Waals surface area contributed by atoms with Crippen molar-refractivity contribution in [1.82, 2.24) is 14.6 Å². The van der Waals surface area contributed by atoms with Crippen molar-refractivity contribution in [3.05, 3.63) is 48.2 Å². The Morgan fingerprint density at radius 3 is 2.84 bits per heavy atom. The minimum Gasteiger partial charge on any atom is -0.496 e. The molecule has 0 unspecified atom stereocenters. The zero-order valence-electron chi connectivity index (χ0n) is 10.3. The van der Waals surface area contributed by atoms with Crippen LogP contribution in [0.5, 0.6) is 5.75 Å². The largest absolute Gasteiger partial charge is 0.496 e. The minimum absolute atomic E-state index is 0.575. The van der Waals surface area contributed by atoms with Crippen LogP contribution in [0.1, 0.15) is 10.4 Å². The molecule has 0 atom stereocenters. The predicted octanol–water partition coefficient (Wildman–Crippen LogP) is 2.22. The number of rotatable bonds is 3. The van der Waals surface area contributed by atoms with Gasteiger partial charge in [-0.3, -0.25) is 9.20 Å². The highest BCUT2D eigenvalue weighted by atomic mass is 16.5. The minimum atomic E-state index is 0.575. The van der Waals surface area contributed by atoms with E-state index >= 15 is 0 Å². The van der Waals surface area contributed by atoms with Gasteiger partial charge in [0.15, 0.2) is 11.5 Å². The van der Waals surface area contributed by atoms with E-state index < -0.39 is 0 Å². The van der Waals surface area contributed by atoms with Gasteiger partial charge in [0, 0.05) is 11.8 Å². The fraction of sp³-hybridized carbons (Fsp3) is 0.0714. The number of aromatic nitrogens is 3. The monoisotopic (exact) mass is 253 g/mol. The van der Waals surface area contributed by atoms with E-state index in [0.29, 0.717) is 17.0 Å². The Labute approximate surface area is 109 Å². The summed E-state index contributed by atoms with van der Waals surface area (Å²) in [6.07, 6.45) is 2.57. The van der Waals surface area contributed by atoms with Gasteiger partial charge in [0.2, 0.25) is 0 Å². The van der Waals surface area contributed by atoms with Crippen LogP contribution in [0, 0.1) is 0 Å². The van der Waals surface area contributed by atoms with Crippen LogP contribution < -0.4 is 4.74 Å². The highest BCUT2D eigenvalue weighted by molar-refractivity contribution is 5.77. The van der Waals surface area contributed by atoms with Crippen molar-refractivity contribution in [3.8, 4) is 17.1 Å². The number of pyridine rings is 1. The summed E-state index contributed by atoms with van der Waals surface area (Å²) in [6, 6.07) is 11.0. The SMILES string of the molecule is COc1ccccc1-c1nnc2cc(C=O)ccn12. The molecule has 0 saturated carbocycles. The second-order valence-corrected chi connectivity index (χ2v) is 4.03. The zero-order valence-corrected chi connectivity index (χ0v) is 10.3. The first kappa shape index (κ1) is 11.4. The molecule has 0 spiro atoms. The van der Waals surface area contributed by atoms with Gasteiger partial charge in [-0.25, -0.2) is 0 Å². The third-order valence-electron chi connectivity index (χ3n) is 2.92. The van der Waals surface area contributed by atoms with Gasteiger partial charge < -0.3 is 4.74 Å². The third kappa shape index (κ3) is 1.85. The number of para-hydroxylation sites is 1. The highest BCUT2D eigenvalue weighted by Gasteiger charge is 2.12. The number of benzene rings is 1. The molecule has 3 aromatic rings. The van der Waals surface area contributed by atoms with Crippen molar-refractivity contribution < 1.29 is 9.53 Å². The number of carbonyl (C=O) groups excluding carboxylic acids is 1. The van der Waals surface area contributed by atoms with Crippen LogP contribution in [0.3, 0.4) is 0 Å². The van der Waals surface area contributed by atoms with E-state index in [2.05, 4.69) is 10.2 Å². The lowest BCUT2D eigenvalue weighted by atomic mass is 10.2. The van der Waals surface area contributed by atoms with Crippen molar-refractivity contribution >= 4 is 11.9 Å². The van der Waals surface area contributed by atoms with Crippen molar-refractivity contribution in [2.75, 3.05) is 7.11 Å². The quantitative estimate of drug-likeness (QED) is 0.671. The molecule has 0 amide bonds. The van der Waals surface area contributed by atoms with E-state index in [1.165, 1.54) is 0 Å². The van der Waals surface area contributed by atoms with Crippen LogP contribution in [-0.2, 0) is 0 Å². The normalized spacial score (nSPS) is 10.6. The topological polar surface area (TPSA) is 56.5 Å². The van der Waals surface area contributed by atoms with Gasteiger partial charge in [-0.15, -0.1) is 10.2 Å². The standard InChI is InChI=1S/C14H11N3O2/c1-19-12-5-3-2-4-11(12)14-16-15-13-8-10(9-18)6-7-17(13)14/h2-9H,1H3. The van der Waals surface area contributed by atoms with Gasteiger partial charge in [-0.1, -0.05) is 12.1 Å². The first-order chi connectivity index (χ1) is 9.33. The number of methoxy groups -OCH3 is 1. The Morgan fingerprint density at radius 2 is 2.05 bits per heavy atom. The lowest BCUT2D eigenvalue weighted by molar-refractivity contribution is 0.112. The van der Waals surface area contributed by atoms with Gasteiger partial charge in [0.25, 0.3) is 0 Å². The average molecular weight is 253 g/mol. The molecular weight excluding hydrogens is 242 g/mol. The molecule has 2 aromatic heterocycles. The smallest absolute Gasteiger partial charge is 0.172 e. The molecule has 0 N–H and O–H groups in total. The number of aldehydes is 1. The maximum Gasteiger partial charge on any atom is 0.172 e. The molecule has 5 heteroatoms. The maximum atomic E-state index is 10.7. The summed E-state index contributed by atoms with van der Waals surface area (Å²) >= 11 is 0. The number of hydrogen-bond acceptors (Lipinski definition) is 4. The molecule has 5 nitrogen and oxygen atoms in total. The molecule has 0 radical (unpaired) electrons. The van der Waals surface area contributed by atoms with Crippen molar-refractivity contribution in [2.45, 2.75) is 0 Å². The number of fused-ring (bicyclic) bond motifs is 1. The fourth-order valence-corrected chi connectivity index (χ4v) is 1.99. The van der Waals surface area contributed by atoms with Gasteiger partial charge in [0.05, 0.1) is 12.7 Å². The average Bonchev–Trinajstić information content (AvgIpc) is 2.89. The summed E-state index contributed by atoms with van der Waals surface area (Å²) in [5.41, 5.74) is 2.06. The van der Waals surface area contributed by atoms with Gasteiger partial charge in [-0.05, 0) is 24.3 Å². The molecule has 0 aliphatic rings. The first-order valence-electron chi connectivity index (χ1n) is 5.77. The van der Waals surface area contributed by atoms with E-state index in [4.69, 9.17) is 4.74 Å². The Bertz CT molecular complexity index is 749. The molecule has 19 heavy (non-hydrogen) atoms. The Kier molecular flexibility index (Phi) is 2.72. The zero-order chi connectivity index (χ0) is 13.2. The summed E-state index contributed by atoms with van der Waals surface area (Å²) in [6.45, 7) is 0. The van der Waals surface area contributed by atoms with E-state index in [-0.39, 0.29) is 0 Å². The summed E-state index contributed by atoms with van der Waals surface area (Å²) in [4.78, 5) is 10.7. The van der Waals surface area contributed by atoms with E-state index in [0.717, 1.165) is 17.6 Å². The first-order valence-corrected chi connectivity index (χ1v) is 5.77. The molecule has 2 heterocycles. The third-order valence-corrected chi connectivity index (χ3v) is 2.92. The van der Waals surface area contributed by atoms with Crippen LogP contribution in [0.4, 0.5) is 0 Å². The predicted molar refractivity (Wildman–Crippen MR) is 70.4 cm³/mol. The molecule has 0 saturated heterocycles. The molecule has 94 valence electrons. The number of nitrogens with zero attached hydrogens (tertiary/aromatic N) is 3. The summed E-state index contributed by atoms with van der Waals surface area (Å²) in [7, 11) is 1.62. The Morgan fingerprint density at radius 1 is 1.21 bits per heavy atom. The molecular formula is C14H11N3O2. The fourth-order valence-electron chi connectivity index (χ4n) is 1.99. The molecule has 0 bridgehead atoms. The second kappa shape index (κ2) is 4.53. The highest BCUT2D eigenvalue weighted by Crippen LogP contribution is 2.28. The number of ether oxygens (including phenoxy) is 1. The Balaban J connectivity index is 2.23. The van der Waals surface area contributed by atoms with Crippen molar-refractivity contribution in [2.24, 2.45) is 0 Å². The number of hydrogen-bond donors (Lipinski definition) is 0. The summed E-state index contributed by atoms with van der Waals surface area (Å²) in [5, 5.41) is 8.24.